The fourth-order valence-corrected chi connectivity index (χ4v) is 1.01. The molecule has 8 heavy (non-hydrogen) atoms. The van der Waals surface area contributed by atoms with Gasteiger partial charge in [0, 0.05) is 17.4 Å². The summed E-state index contributed by atoms with van der Waals surface area (Å²) in [5.41, 5.74) is 5.37. The molecule has 0 heterocycles. The van der Waals surface area contributed by atoms with Crippen LogP contribution in [0, 0.1) is 0 Å². The molecule has 3 nitrogen and oxygen atoms in total. The van der Waals surface area contributed by atoms with Crippen molar-refractivity contribution >= 4 is 9.84 Å². The molecule has 0 saturated carbocycles. The molecular formula is C4H9NO2S. The van der Waals surface area contributed by atoms with Gasteiger partial charge in [-0.2, -0.15) is 0 Å². The van der Waals surface area contributed by atoms with Gasteiger partial charge in [-0.1, -0.05) is 0 Å². The maximum absolute atomic E-state index is 10.3. The van der Waals surface area contributed by atoms with Gasteiger partial charge in [-0.3, -0.25) is 0 Å². The SMILES string of the molecule is C/C(N)=C/S(C)(=O)=O. The topological polar surface area (TPSA) is 60.2 Å². The molecular weight excluding hydrogens is 126 g/mol. The highest BCUT2D eigenvalue weighted by molar-refractivity contribution is 7.93. The van der Waals surface area contributed by atoms with Gasteiger partial charge in [-0.25, -0.2) is 8.42 Å². The molecule has 0 aliphatic rings. The molecule has 0 aromatic carbocycles. The molecule has 0 aromatic heterocycles. The van der Waals surface area contributed by atoms with E-state index in [1.54, 1.807) is 0 Å². The van der Waals surface area contributed by atoms with E-state index < -0.39 is 9.84 Å². The van der Waals surface area contributed by atoms with E-state index in [-0.39, 0.29) is 0 Å². The molecule has 2 N–H and O–H groups in total. The highest BCUT2D eigenvalue weighted by atomic mass is 32.2. The van der Waals surface area contributed by atoms with Crippen molar-refractivity contribution in [3.8, 4) is 0 Å². The highest BCUT2D eigenvalue weighted by Gasteiger charge is 1.92. The first-order valence-corrected chi connectivity index (χ1v) is 4.01. The van der Waals surface area contributed by atoms with Gasteiger partial charge in [0.15, 0.2) is 9.84 Å². The standard InChI is InChI=1S/C4H9NO2S/c1-4(5)3-8(2,6)7/h3H,5H2,1-2H3/b4-3-. The predicted molar refractivity (Wildman–Crippen MR) is 32.8 cm³/mol. The van der Waals surface area contributed by atoms with Gasteiger partial charge in [-0.05, 0) is 6.92 Å². The van der Waals surface area contributed by atoms with Gasteiger partial charge in [0.25, 0.3) is 0 Å². The molecule has 0 aliphatic heterocycles. The van der Waals surface area contributed by atoms with Crippen molar-refractivity contribution < 1.29 is 8.42 Å². The van der Waals surface area contributed by atoms with E-state index in [9.17, 15) is 8.42 Å². The number of nitrogens with two attached hydrogens (primary N) is 1. The predicted octanol–water partition coefficient (Wildman–Crippen LogP) is -0.149. The Morgan fingerprint density at radius 1 is 1.62 bits per heavy atom. The van der Waals surface area contributed by atoms with Crippen LogP contribution < -0.4 is 5.73 Å². The molecule has 0 atom stereocenters. The Bertz CT molecular complexity index is 186. The molecule has 0 unspecified atom stereocenters. The maximum atomic E-state index is 10.3. The Kier molecular flexibility index (Phi) is 2.03. The zero-order valence-corrected chi connectivity index (χ0v) is 5.70. The minimum atomic E-state index is -3.01. The van der Waals surface area contributed by atoms with Gasteiger partial charge in [0.2, 0.25) is 0 Å². The summed E-state index contributed by atoms with van der Waals surface area (Å²) in [6, 6.07) is 0. The molecule has 0 fully saturated rings. The Morgan fingerprint density at radius 3 is 2.00 bits per heavy atom. The molecule has 48 valence electrons. The van der Waals surface area contributed by atoms with E-state index in [0.717, 1.165) is 11.7 Å². The van der Waals surface area contributed by atoms with Crippen LogP contribution in [0.25, 0.3) is 0 Å². The molecule has 0 aromatic rings. The largest absolute Gasteiger partial charge is 0.402 e. The van der Waals surface area contributed by atoms with E-state index >= 15 is 0 Å². The third-order valence-electron chi connectivity index (χ3n) is 0.400. The fraction of sp³-hybridized carbons (Fsp3) is 0.500. The van der Waals surface area contributed by atoms with E-state index in [1.165, 1.54) is 6.92 Å². The third-order valence-corrected chi connectivity index (χ3v) is 1.20. The summed E-state index contributed by atoms with van der Waals surface area (Å²) in [6.07, 6.45) is 1.10. The molecule has 4 heteroatoms. The quantitative estimate of drug-likeness (QED) is 0.544. The van der Waals surface area contributed by atoms with E-state index in [1.807, 2.05) is 0 Å². The first-order valence-electron chi connectivity index (χ1n) is 2.05. The summed E-state index contributed by atoms with van der Waals surface area (Å²) in [5.74, 6) is 0. The zero-order chi connectivity index (χ0) is 6.78. The van der Waals surface area contributed by atoms with Gasteiger partial charge < -0.3 is 5.73 Å². The second-order valence-corrected chi connectivity index (χ2v) is 3.59. The second kappa shape index (κ2) is 2.17. The van der Waals surface area contributed by atoms with Crippen molar-refractivity contribution in [2.45, 2.75) is 6.92 Å². The van der Waals surface area contributed by atoms with Crippen molar-refractivity contribution in [2.24, 2.45) is 5.73 Å². The normalized spacial score (nSPS) is 14.0. The number of hydrogen-bond donors (Lipinski definition) is 1. The summed E-state index contributed by atoms with van der Waals surface area (Å²) in [5, 5.41) is 1.02. The summed E-state index contributed by atoms with van der Waals surface area (Å²) < 4.78 is 20.6. The van der Waals surface area contributed by atoms with Crippen LogP contribution in [-0.4, -0.2) is 14.7 Å². The van der Waals surface area contributed by atoms with Crippen LogP contribution in [0.2, 0.25) is 0 Å². The van der Waals surface area contributed by atoms with E-state index in [0.29, 0.717) is 5.70 Å². The highest BCUT2D eigenvalue weighted by Crippen LogP contribution is 1.87. The average molecular weight is 135 g/mol. The summed E-state index contributed by atoms with van der Waals surface area (Å²) in [4.78, 5) is 0. The lowest BCUT2D eigenvalue weighted by molar-refractivity contribution is 0.610. The molecule has 0 spiro atoms. The summed E-state index contributed by atoms with van der Waals surface area (Å²) >= 11 is 0. The maximum Gasteiger partial charge on any atom is 0.170 e. The first-order chi connectivity index (χ1) is 3.42. The summed E-state index contributed by atoms with van der Waals surface area (Å²) in [7, 11) is -3.01. The molecule has 0 bridgehead atoms. The zero-order valence-electron chi connectivity index (χ0n) is 4.88. The van der Waals surface area contributed by atoms with Crippen molar-refractivity contribution in [1.29, 1.82) is 0 Å². The Labute approximate surface area is 49.1 Å². The monoisotopic (exact) mass is 135 g/mol. The lowest BCUT2D eigenvalue weighted by Crippen LogP contribution is -1.96. The van der Waals surface area contributed by atoms with E-state index in [4.69, 9.17) is 5.73 Å². The van der Waals surface area contributed by atoms with Crippen molar-refractivity contribution in [3.63, 3.8) is 0 Å². The van der Waals surface area contributed by atoms with E-state index in [2.05, 4.69) is 0 Å². The van der Waals surface area contributed by atoms with Crippen molar-refractivity contribution in [2.75, 3.05) is 6.26 Å². The molecule has 0 aliphatic carbocycles. The lowest BCUT2D eigenvalue weighted by Gasteiger charge is -1.86. The Morgan fingerprint density at radius 2 is 2.00 bits per heavy atom. The van der Waals surface area contributed by atoms with Crippen LogP contribution in [0.4, 0.5) is 0 Å². The van der Waals surface area contributed by atoms with Crippen LogP contribution in [-0.2, 0) is 9.84 Å². The smallest absolute Gasteiger partial charge is 0.170 e. The third kappa shape index (κ3) is 5.49. The van der Waals surface area contributed by atoms with Crippen LogP contribution in [0.3, 0.4) is 0 Å². The lowest BCUT2D eigenvalue weighted by atomic mass is 10.6. The average Bonchev–Trinajstić information content (AvgIpc) is 1.21. The molecule has 0 rings (SSSR count). The first kappa shape index (κ1) is 7.49. The number of allylic oxidation sites excluding steroid dienone is 1. The van der Waals surface area contributed by atoms with Crippen molar-refractivity contribution in [1.82, 2.24) is 0 Å². The Hall–Kier alpha value is -0.510. The van der Waals surface area contributed by atoms with Crippen LogP contribution in [0.15, 0.2) is 11.1 Å². The Balaban J connectivity index is 4.36. The number of sulfone groups is 1. The molecule has 0 radical (unpaired) electrons. The number of rotatable bonds is 1. The van der Waals surface area contributed by atoms with Crippen LogP contribution >= 0.6 is 0 Å². The molecule has 0 saturated heterocycles. The number of hydrogen-bond acceptors (Lipinski definition) is 3. The minimum Gasteiger partial charge on any atom is -0.402 e. The van der Waals surface area contributed by atoms with Gasteiger partial charge in [0.1, 0.15) is 0 Å². The van der Waals surface area contributed by atoms with Crippen LogP contribution in [0.5, 0.6) is 0 Å². The van der Waals surface area contributed by atoms with Gasteiger partial charge >= 0.3 is 0 Å². The second-order valence-electron chi connectivity index (χ2n) is 1.69. The minimum absolute atomic E-state index is 0.313. The van der Waals surface area contributed by atoms with Crippen molar-refractivity contribution in [3.05, 3.63) is 11.1 Å². The fourth-order valence-electron chi connectivity index (χ4n) is 0.338. The molecule has 0 amide bonds. The van der Waals surface area contributed by atoms with Gasteiger partial charge in [-0.15, -0.1) is 0 Å². The van der Waals surface area contributed by atoms with Crippen LogP contribution in [0.1, 0.15) is 6.92 Å². The summed E-state index contributed by atoms with van der Waals surface area (Å²) in [6.45, 7) is 1.53. The van der Waals surface area contributed by atoms with Gasteiger partial charge in [0.05, 0.1) is 0 Å².